The van der Waals surface area contributed by atoms with Crippen LogP contribution in [-0.4, -0.2) is 18.6 Å². The Balaban J connectivity index is 1.94. The summed E-state index contributed by atoms with van der Waals surface area (Å²) in [5, 5.41) is 6.81. The van der Waals surface area contributed by atoms with Crippen molar-refractivity contribution in [2.75, 3.05) is 6.54 Å². The molecule has 0 aliphatic carbocycles. The Kier molecular flexibility index (Phi) is 1.95. The summed E-state index contributed by atoms with van der Waals surface area (Å²) in [6, 6.07) is 1.17. The molecule has 1 saturated heterocycles. The largest absolute Gasteiger partial charge is 0.383 e. The van der Waals surface area contributed by atoms with Gasteiger partial charge in [0.15, 0.2) is 0 Å². The highest BCUT2D eigenvalue weighted by Crippen LogP contribution is 2.11. The first-order valence-corrected chi connectivity index (χ1v) is 4.29. The van der Waals surface area contributed by atoms with Crippen LogP contribution in [0.5, 0.6) is 0 Å². The zero-order valence-corrected chi connectivity index (χ0v) is 6.59. The topological polar surface area (TPSA) is 24.1 Å². The van der Waals surface area contributed by atoms with Crippen LogP contribution in [0.1, 0.15) is 12.8 Å². The lowest BCUT2D eigenvalue weighted by atomic mass is 10.1. The van der Waals surface area contributed by atoms with E-state index in [9.17, 15) is 0 Å². The SMILES string of the molecule is C1=CNC(C2CCCN2)C=C1. The molecule has 2 nitrogen and oxygen atoms in total. The van der Waals surface area contributed by atoms with Crippen LogP contribution >= 0.6 is 0 Å². The van der Waals surface area contributed by atoms with E-state index in [4.69, 9.17) is 0 Å². The van der Waals surface area contributed by atoms with Crippen molar-refractivity contribution in [3.8, 4) is 0 Å². The van der Waals surface area contributed by atoms with Gasteiger partial charge in [-0.25, -0.2) is 0 Å². The van der Waals surface area contributed by atoms with E-state index in [0.717, 1.165) is 0 Å². The Morgan fingerprint density at radius 3 is 2.91 bits per heavy atom. The summed E-state index contributed by atoms with van der Waals surface area (Å²) in [5.41, 5.74) is 0. The standard InChI is InChI=1S/C9H14N2/c1-2-6-10-8(4-1)9-5-3-7-11-9/h1-2,4,6,8-11H,3,5,7H2. The summed E-state index contributed by atoms with van der Waals surface area (Å²) in [7, 11) is 0. The van der Waals surface area contributed by atoms with Gasteiger partial charge in [-0.05, 0) is 31.7 Å². The molecule has 0 amide bonds. The minimum atomic E-state index is 0.516. The highest BCUT2D eigenvalue weighted by molar-refractivity contribution is 5.15. The summed E-state index contributed by atoms with van der Waals surface area (Å²) in [6.07, 6.45) is 11.0. The predicted molar refractivity (Wildman–Crippen MR) is 46.2 cm³/mol. The molecular formula is C9H14N2. The van der Waals surface area contributed by atoms with Crippen molar-refractivity contribution in [2.24, 2.45) is 0 Å². The number of nitrogens with one attached hydrogen (secondary N) is 2. The van der Waals surface area contributed by atoms with E-state index in [2.05, 4.69) is 22.8 Å². The first-order chi connectivity index (χ1) is 5.47. The average molecular weight is 150 g/mol. The van der Waals surface area contributed by atoms with Gasteiger partial charge in [0.2, 0.25) is 0 Å². The maximum atomic E-state index is 3.48. The third-order valence-electron chi connectivity index (χ3n) is 2.35. The number of rotatable bonds is 1. The van der Waals surface area contributed by atoms with Crippen LogP contribution in [0, 0.1) is 0 Å². The monoisotopic (exact) mass is 150 g/mol. The molecule has 0 radical (unpaired) electrons. The second-order valence-corrected chi connectivity index (χ2v) is 3.14. The zero-order chi connectivity index (χ0) is 7.52. The molecule has 2 aliphatic heterocycles. The average Bonchev–Trinajstić information content (AvgIpc) is 2.58. The molecule has 0 aromatic carbocycles. The van der Waals surface area contributed by atoms with Crippen LogP contribution in [0.4, 0.5) is 0 Å². The van der Waals surface area contributed by atoms with Crippen molar-refractivity contribution in [1.29, 1.82) is 0 Å². The van der Waals surface area contributed by atoms with Gasteiger partial charge in [0.25, 0.3) is 0 Å². The molecule has 60 valence electrons. The molecule has 2 heteroatoms. The maximum absolute atomic E-state index is 3.48. The van der Waals surface area contributed by atoms with Gasteiger partial charge < -0.3 is 10.6 Å². The lowest BCUT2D eigenvalue weighted by Gasteiger charge is -2.22. The Labute approximate surface area is 67.4 Å². The second kappa shape index (κ2) is 3.09. The van der Waals surface area contributed by atoms with E-state index in [0.29, 0.717) is 12.1 Å². The second-order valence-electron chi connectivity index (χ2n) is 3.14. The van der Waals surface area contributed by atoms with Gasteiger partial charge in [0, 0.05) is 6.04 Å². The molecule has 1 fully saturated rings. The third kappa shape index (κ3) is 1.46. The molecule has 2 N–H and O–H groups in total. The van der Waals surface area contributed by atoms with Gasteiger partial charge in [-0.3, -0.25) is 0 Å². The lowest BCUT2D eigenvalue weighted by Crippen LogP contribution is -2.42. The van der Waals surface area contributed by atoms with E-state index in [-0.39, 0.29) is 0 Å². The number of dihydropyridines is 1. The van der Waals surface area contributed by atoms with E-state index in [1.165, 1.54) is 19.4 Å². The fraction of sp³-hybridized carbons (Fsp3) is 0.556. The van der Waals surface area contributed by atoms with Crippen molar-refractivity contribution < 1.29 is 0 Å². The molecule has 0 saturated carbocycles. The Hall–Kier alpha value is -0.760. The van der Waals surface area contributed by atoms with Gasteiger partial charge in [0.1, 0.15) is 0 Å². The fourth-order valence-corrected chi connectivity index (χ4v) is 1.73. The summed E-state index contributed by atoms with van der Waals surface area (Å²) in [4.78, 5) is 0. The number of hydrogen-bond acceptors (Lipinski definition) is 2. The van der Waals surface area contributed by atoms with E-state index >= 15 is 0 Å². The zero-order valence-electron chi connectivity index (χ0n) is 6.59. The molecule has 2 atom stereocenters. The number of hydrogen-bond donors (Lipinski definition) is 2. The molecule has 2 rings (SSSR count). The predicted octanol–water partition coefficient (Wildman–Crippen LogP) is 0.780. The van der Waals surface area contributed by atoms with Crippen LogP contribution in [-0.2, 0) is 0 Å². The molecule has 2 heterocycles. The molecule has 0 bridgehead atoms. The van der Waals surface area contributed by atoms with Crippen LogP contribution in [0.25, 0.3) is 0 Å². The summed E-state index contributed by atoms with van der Waals surface area (Å²) >= 11 is 0. The quantitative estimate of drug-likeness (QED) is 0.577. The normalized spacial score (nSPS) is 35.6. The van der Waals surface area contributed by atoms with Crippen LogP contribution in [0.2, 0.25) is 0 Å². The van der Waals surface area contributed by atoms with Crippen LogP contribution in [0.15, 0.2) is 24.4 Å². The highest BCUT2D eigenvalue weighted by atomic mass is 15.0. The van der Waals surface area contributed by atoms with Crippen LogP contribution in [0.3, 0.4) is 0 Å². The van der Waals surface area contributed by atoms with Crippen molar-refractivity contribution in [3.63, 3.8) is 0 Å². The molecular weight excluding hydrogens is 136 g/mol. The smallest absolute Gasteiger partial charge is 0.0595 e. The van der Waals surface area contributed by atoms with Crippen molar-refractivity contribution in [3.05, 3.63) is 24.4 Å². The van der Waals surface area contributed by atoms with E-state index in [1.54, 1.807) is 0 Å². The third-order valence-corrected chi connectivity index (χ3v) is 2.35. The molecule has 2 unspecified atom stereocenters. The summed E-state index contributed by atoms with van der Waals surface area (Å²) in [5.74, 6) is 0. The summed E-state index contributed by atoms with van der Waals surface area (Å²) < 4.78 is 0. The molecule has 0 aromatic rings. The Morgan fingerprint density at radius 2 is 2.27 bits per heavy atom. The van der Waals surface area contributed by atoms with E-state index in [1.807, 2.05) is 12.3 Å². The summed E-state index contributed by atoms with van der Waals surface area (Å²) in [6.45, 7) is 1.18. The van der Waals surface area contributed by atoms with Gasteiger partial charge in [0.05, 0.1) is 6.04 Å². The Bertz CT molecular complexity index is 178. The van der Waals surface area contributed by atoms with Crippen molar-refractivity contribution in [1.82, 2.24) is 10.6 Å². The molecule has 11 heavy (non-hydrogen) atoms. The van der Waals surface area contributed by atoms with Crippen molar-refractivity contribution in [2.45, 2.75) is 24.9 Å². The lowest BCUT2D eigenvalue weighted by molar-refractivity contribution is 0.499. The van der Waals surface area contributed by atoms with E-state index < -0.39 is 0 Å². The van der Waals surface area contributed by atoms with Gasteiger partial charge >= 0.3 is 0 Å². The first kappa shape index (κ1) is 6.92. The number of allylic oxidation sites excluding steroid dienone is 2. The highest BCUT2D eigenvalue weighted by Gasteiger charge is 2.21. The van der Waals surface area contributed by atoms with Gasteiger partial charge in [-0.1, -0.05) is 12.2 Å². The first-order valence-electron chi connectivity index (χ1n) is 4.29. The molecule has 0 spiro atoms. The molecule has 2 aliphatic rings. The van der Waals surface area contributed by atoms with Gasteiger partial charge in [-0.2, -0.15) is 0 Å². The molecule has 0 aromatic heterocycles. The fourth-order valence-electron chi connectivity index (χ4n) is 1.73. The van der Waals surface area contributed by atoms with Crippen LogP contribution < -0.4 is 10.6 Å². The van der Waals surface area contributed by atoms with Crippen molar-refractivity contribution >= 4 is 0 Å². The van der Waals surface area contributed by atoms with Gasteiger partial charge in [-0.15, -0.1) is 0 Å². The Morgan fingerprint density at radius 1 is 1.27 bits per heavy atom. The minimum absolute atomic E-state index is 0.516. The maximum Gasteiger partial charge on any atom is 0.0595 e. The minimum Gasteiger partial charge on any atom is -0.383 e.